The molecule has 4 fully saturated rings. The number of nitrogens with one attached hydrogen (secondary N) is 5. The lowest BCUT2D eigenvalue weighted by Gasteiger charge is -2.34. The van der Waals surface area contributed by atoms with Crippen LogP contribution in [0.15, 0.2) is 4.99 Å². The molecule has 0 aromatic heterocycles. The zero-order valence-corrected chi connectivity index (χ0v) is 44.0. The third-order valence-corrected chi connectivity index (χ3v) is 14.0. The molecular weight excluding hydrogens is 1030 g/mol. The van der Waals surface area contributed by atoms with E-state index in [0.717, 1.165) is 24.2 Å². The van der Waals surface area contributed by atoms with Gasteiger partial charge in [0.05, 0.1) is 25.2 Å². The van der Waals surface area contributed by atoms with E-state index in [-0.39, 0.29) is 77.0 Å². The molecular formula is C48H77N11O19. The smallest absolute Gasteiger partial charge is 0.335 e. The number of nitrogens with zero attached hydrogens (tertiary/aromatic N) is 4. The van der Waals surface area contributed by atoms with Crippen LogP contribution in [0, 0.1) is 5.92 Å². The molecule has 0 unspecified atom stereocenters. The first-order valence-corrected chi connectivity index (χ1v) is 26.3. The summed E-state index contributed by atoms with van der Waals surface area (Å²) in [5, 5.41) is 84.6. The Morgan fingerprint density at radius 3 is 1.83 bits per heavy atom. The zero-order valence-electron chi connectivity index (χ0n) is 44.0. The summed E-state index contributed by atoms with van der Waals surface area (Å²) in [5.74, 6) is -14.7. The summed E-state index contributed by atoms with van der Waals surface area (Å²) in [4.78, 5) is 158. The minimum Gasteiger partial charge on any atom is -0.479 e. The number of carboxylic acid groups (broad SMARTS) is 2. The Morgan fingerprint density at radius 1 is 0.641 bits per heavy atom. The lowest BCUT2D eigenvalue weighted by molar-refractivity contribution is -0.165. The molecule has 4 heterocycles. The number of hydrogen-bond donors (Lipinski definition) is 14. The fourth-order valence-electron chi connectivity index (χ4n) is 9.87. The molecule has 0 aromatic rings. The highest BCUT2D eigenvalue weighted by Crippen LogP contribution is 2.27. The van der Waals surface area contributed by atoms with Gasteiger partial charge in [-0.2, -0.15) is 0 Å². The van der Waals surface area contributed by atoms with Gasteiger partial charge in [-0.05, 0) is 70.6 Å². The molecule has 4 aliphatic rings. The lowest BCUT2D eigenvalue weighted by atomic mass is 10.0. The first-order valence-electron chi connectivity index (χ1n) is 26.3. The number of hydrogen-bond acceptors (Lipinski definition) is 18. The van der Waals surface area contributed by atoms with Gasteiger partial charge in [0, 0.05) is 26.2 Å². The van der Waals surface area contributed by atoms with Crippen LogP contribution in [-0.2, 0) is 57.5 Å². The molecule has 30 heteroatoms. The largest absolute Gasteiger partial charge is 0.479 e. The number of rotatable bonds is 17. The second-order valence-electron chi connectivity index (χ2n) is 20.4. The molecule has 4 saturated heterocycles. The monoisotopic (exact) mass is 1110 g/mol. The topological polar surface area (TPSA) is 473 Å². The van der Waals surface area contributed by atoms with E-state index >= 15 is 0 Å². The Bertz CT molecular complexity index is 2210. The number of aliphatic imine (C=N–C) groups is 1. The van der Waals surface area contributed by atoms with Gasteiger partial charge < -0.3 is 93.2 Å². The normalized spacial score (nSPS) is 28.8. The van der Waals surface area contributed by atoms with Crippen molar-refractivity contribution in [2.24, 2.45) is 22.4 Å². The van der Waals surface area contributed by atoms with Crippen molar-refractivity contribution < 1.29 is 93.2 Å². The standard InChI is InChI=1S/C48H77N11O19/c1-23(2)11-6-4-5-7-12-25-21-31(63)54-32(24(3)61)44(72)58-19-10-15-29(58)43(71)57-18-9-14-28(57)39(67)52-26(13-8-17-51-48(49)50)38(66)55-33(36(64)45(73)74)40(68)53-27(22-60)42(70)59-20-16-30(62)35(59)41(69)56-34(47(77)78-25)37(65)46(75)76/h23-30,32-37,60-62,64-65H,4-22H2,1-3H3,(H,52,67)(H,53,68)(H,54,63)(H,55,66)(H,56,69)(H,73,74)(H,75,76)(H4,49,50,51)/t24-,25+,26-,27-,28-,29-,30-,32-,33-,34-,35+,36-,37+/m1/s1. The zero-order chi connectivity index (χ0) is 58.1. The Hall–Kier alpha value is -6.76. The quantitative estimate of drug-likeness (QED) is 0.0279. The van der Waals surface area contributed by atoms with E-state index < -0.39 is 164 Å². The van der Waals surface area contributed by atoms with Gasteiger partial charge in [0.1, 0.15) is 48.4 Å². The number of fused-ring (bicyclic) bond motifs is 3. The summed E-state index contributed by atoms with van der Waals surface area (Å²) < 4.78 is 5.62. The number of carboxylic acids is 2. The number of amides is 8. The van der Waals surface area contributed by atoms with Crippen molar-refractivity contribution in [2.45, 2.75) is 190 Å². The number of aliphatic hydroxyl groups is 5. The van der Waals surface area contributed by atoms with Crippen LogP contribution in [0.25, 0.3) is 0 Å². The number of esters is 1. The average molecular weight is 1110 g/mol. The first-order chi connectivity index (χ1) is 36.8. The van der Waals surface area contributed by atoms with Gasteiger partial charge in [0.15, 0.2) is 24.2 Å². The Morgan fingerprint density at radius 2 is 1.23 bits per heavy atom. The summed E-state index contributed by atoms with van der Waals surface area (Å²) in [5.41, 5.74) is 10.9. The van der Waals surface area contributed by atoms with E-state index in [0.29, 0.717) is 23.7 Å². The minimum absolute atomic E-state index is 0.00810. The highest BCUT2D eigenvalue weighted by atomic mass is 16.5. The number of aliphatic hydroxyl groups excluding tert-OH is 5. The van der Waals surface area contributed by atoms with Gasteiger partial charge in [-0.25, -0.2) is 14.4 Å². The SMILES string of the molecule is CC(C)CCCCCC[C@H]1CC(=O)N[C@H]([C@@H](C)O)C(=O)N2CCC[C@@H]2C(=O)N2CCC[C@@H]2C(=O)N[C@H](CCCN=C(N)N)C(=O)N[C@H]([C@@H](O)C(=O)O)C(=O)N[C@H](CO)C(=O)N2CC[C@@H](O)[C@H]2C(=O)N[C@H]([C@H](O)C(=O)O)C(=O)O1. The molecule has 0 bridgehead atoms. The van der Waals surface area contributed by atoms with E-state index in [9.17, 15) is 88.5 Å². The number of ether oxygens (including phenoxy) is 1. The van der Waals surface area contributed by atoms with E-state index in [4.69, 9.17) is 16.2 Å². The molecule has 0 aromatic carbocycles. The molecule has 16 N–H and O–H groups in total. The number of nitrogens with two attached hydrogens (primary N) is 2. The van der Waals surface area contributed by atoms with Crippen LogP contribution in [0.4, 0.5) is 0 Å². The third kappa shape index (κ3) is 17.4. The predicted octanol–water partition coefficient (Wildman–Crippen LogP) is -6.02. The maximum atomic E-state index is 14.4. The maximum absolute atomic E-state index is 14.4. The van der Waals surface area contributed by atoms with Crippen LogP contribution in [-0.4, -0.2) is 233 Å². The summed E-state index contributed by atoms with van der Waals surface area (Å²) in [6.07, 6.45) is -7.62. The van der Waals surface area contributed by atoms with Gasteiger partial charge in [0.25, 0.3) is 0 Å². The second kappa shape index (κ2) is 29.8. The highest BCUT2D eigenvalue weighted by molar-refractivity contribution is 6.00. The van der Waals surface area contributed by atoms with Crippen molar-refractivity contribution in [3.8, 4) is 0 Å². The van der Waals surface area contributed by atoms with Crippen LogP contribution in [0.3, 0.4) is 0 Å². The Balaban J connectivity index is 1.80. The number of carbonyl (C=O) groups excluding carboxylic acids is 9. The molecule has 0 aliphatic carbocycles. The number of carbonyl (C=O) groups is 11. The molecule has 0 radical (unpaired) electrons. The van der Waals surface area contributed by atoms with Crippen LogP contribution < -0.4 is 38.1 Å². The Kier molecular flexibility index (Phi) is 24.4. The van der Waals surface area contributed by atoms with E-state index in [1.807, 2.05) is 10.6 Å². The molecule has 30 nitrogen and oxygen atoms in total. The highest BCUT2D eigenvalue weighted by Gasteiger charge is 2.48. The van der Waals surface area contributed by atoms with Gasteiger partial charge in [-0.15, -0.1) is 0 Å². The lowest BCUT2D eigenvalue weighted by Crippen LogP contribution is -2.64. The summed E-state index contributed by atoms with van der Waals surface area (Å²) in [7, 11) is 0. The molecule has 4 rings (SSSR count). The van der Waals surface area contributed by atoms with Crippen LogP contribution in [0.5, 0.6) is 0 Å². The fraction of sp³-hybridized carbons (Fsp3) is 0.750. The molecule has 78 heavy (non-hydrogen) atoms. The van der Waals surface area contributed by atoms with Crippen molar-refractivity contribution in [3.05, 3.63) is 0 Å². The molecule has 4 aliphatic heterocycles. The third-order valence-electron chi connectivity index (χ3n) is 14.0. The first kappa shape index (κ1) is 63.8. The van der Waals surface area contributed by atoms with Crippen LogP contribution in [0.1, 0.15) is 111 Å². The predicted molar refractivity (Wildman–Crippen MR) is 268 cm³/mol. The number of guanidine groups is 1. The Labute approximate surface area is 449 Å². The van der Waals surface area contributed by atoms with Gasteiger partial charge in [-0.1, -0.05) is 39.5 Å². The summed E-state index contributed by atoms with van der Waals surface area (Å²) in [6.45, 7) is 3.40. The second-order valence-corrected chi connectivity index (χ2v) is 20.4. The summed E-state index contributed by atoms with van der Waals surface area (Å²) >= 11 is 0. The molecule has 0 spiro atoms. The fourth-order valence-corrected chi connectivity index (χ4v) is 9.87. The van der Waals surface area contributed by atoms with Crippen LogP contribution >= 0.6 is 0 Å². The van der Waals surface area contributed by atoms with Crippen molar-refractivity contribution in [1.82, 2.24) is 41.3 Å². The van der Waals surface area contributed by atoms with E-state index in [2.05, 4.69) is 34.8 Å². The minimum atomic E-state index is -2.76. The van der Waals surface area contributed by atoms with Crippen molar-refractivity contribution in [3.63, 3.8) is 0 Å². The number of cyclic esters (lactones) is 1. The van der Waals surface area contributed by atoms with Gasteiger partial charge in [0.2, 0.25) is 47.3 Å². The molecule has 0 saturated carbocycles. The number of unbranched alkanes of at least 4 members (excludes halogenated alkanes) is 3. The van der Waals surface area contributed by atoms with Gasteiger partial charge in [-0.3, -0.25) is 43.3 Å². The molecule has 13 atom stereocenters. The van der Waals surface area contributed by atoms with Gasteiger partial charge >= 0.3 is 17.9 Å². The average Bonchev–Trinajstić information content (AvgIpc) is 4.18. The molecule has 8 amide bonds. The van der Waals surface area contributed by atoms with E-state index in [1.165, 1.54) is 11.8 Å². The van der Waals surface area contributed by atoms with Crippen molar-refractivity contribution >= 4 is 71.1 Å². The number of aliphatic carboxylic acids is 2. The summed E-state index contributed by atoms with van der Waals surface area (Å²) in [6, 6.07) is -14.9. The van der Waals surface area contributed by atoms with E-state index in [1.54, 1.807) is 0 Å². The van der Waals surface area contributed by atoms with Crippen LogP contribution in [0.2, 0.25) is 0 Å². The van der Waals surface area contributed by atoms with Crippen molar-refractivity contribution in [2.75, 3.05) is 32.8 Å². The maximum Gasteiger partial charge on any atom is 0.335 e. The van der Waals surface area contributed by atoms with Crippen molar-refractivity contribution in [1.29, 1.82) is 0 Å². The molecule has 438 valence electrons.